The van der Waals surface area contributed by atoms with Crippen molar-refractivity contribution in [3.63, 3.8) is 0 Å². The van der Waals surface area contributed by atoms with Crippen LogP contribution in [0.3, 0.4) is 0 Å². The van der Waals surface area contributed by atoms with Crippen molar-refractivity contribution in [2.24, 2.45) is 5.92 Å². The number of hydrogen-bond acceptors (Lipinski definition) is 3. The van der Waals surface area contributed by atoms with Crippen LogP contribution >= 0.6 is 27.5 Å². The number of ether oxygens (including phenoxy) is 1. The molecule has 0 aliphatic carbocycles. The molecule has 1 heterocycles. The first-order valence-corrected chi connectivity index (χ1v) is 8.67. The van der Waals surface area contributed by atoms with Crippen LogP contribution in [0.2, 0.25) is 5.02 Å². The van der Waals surface area contributed by atoms with E-state index in [0.717, 1.165) is 30.5 Å². The van der Waals surface area contributed by atoms with Gasteiger partial charge in [0.05, 0.1) is 5.02 Å². The lowest BCUT2D eigenvalue weighted by atomic mass is 10.1. The minimum absolute atomic E-state index is 0.111. The number of nitrogens with one attached hydrogen (secondary N) is 1. The topological polar surface area (TPSA) is 55.4 Å². The lowest BCUT2D eigenvalue weighted by Crippen LogP contribution is -2.26. The molecule has 1 aromatic carbocycles. The number of sulfonamides is 1. The molecule has 0 radical (unpaired) electrons. The summed E-state index contributed by atoms with van der Waals surface area (Å²) in [5.74, 6) is 0.447. The van der Waals surface area contributed by atoms with E-state index in [0.29, 0.717) is 12.5 Å². The molecule has 7 heteroatoms. The van der Waals surface area contributed by atoms with Crippen molar-refractivity contribution in [2.45, 2.75) is 17.7 Å². The summed E-state index contributed by atoms with van der Waals surface area (Å²) in [5, 5.41) is 0.214. The second-order valence-corrected chi connectivity index (χ2v) is 7.55. The van der Waals surface area contributed by atoms with Crippen LogP contribution in [-0.2, 0) is 14.8 Å². The summed E-state index contributed by atoms with van der Waals surface area (Å²) in [5.41, 5.74) is 0. The highest BCUT2D eigenvalue weighted by Gasteiger charge is 2.20. The lowest BCUT2D eigenvalue weighted by Gasteiger charge is -2.10. The molecule has 19 heavy (non-hydrogen) atoms. The number of halogens is 2. The van der Waals surface area contributed by atoms with Crippen LogP contribution in [0, 0.1) is 5.92 Å². The maximum atomic E-state index is 12.1. The minimum atomic E-state index is -3.54. The Morgan fingerprint density at radius 3 is 2.89 bits per heavy atom. The molecule has 0 bridgehead atoms. The van der Waals surface area contributed by atoms with Gasteiger partial charge in [-0.15, -0.1) is 0 Å². The van der Waals surface area contributed by atoms with E-state index in [4.69, 9.17) is 16.3 Å². The summed E-state index contributed by atoms with van der Waals surface area (Å²) < 4.78 is 32.8. The molecule has 1 saturated heterocycles. The summed E-state index contributed by atoms with van der Waals surface area (Å²) in [7, 11) is -3.54. The maximum absolute atomic E-state index is 12.1. The molecule has 0 spiro atoms. The molecule has 0 amide bonds. The van der Waals surface area contributed by atoms with Gasteiger partial charge in [-0.2, -0.15) is 0 Å². The highest BCUT2D eigenvalue weighted by Crippen LogP contribution is 2.25. The number of benzene rings is 1. The molecule has 1 aromatic rings. The van der Waals surface area contributed by atoms with Crippen LogP contribution in [0.1, 0.15) is 12.8 Å². The van der Waals surface area contributed by atoms with Gasteiger partial charge in [0.25, 0.3) is 0 Å². The zero-order valence-corrected chi connectivity index (χ0v) is 13.4. The average Bonchev–Trinajstić information content (AvgIpc) is 2.81. The molecular weight excluding hydrogens is 354 g/mol. The normalized spacial score (nSPS) is 19.8. The Kier molecular flexibility index (Phi) is 5.25. The largest absolute Gasteiger partial charge is 0.381 e. The van der Waals surface area contributed by atoms with Crippen LogP contribution in [0.5, 0.6) is 0 Å². The van der Waals surface area contributed by atoms with Gasteiger partial charge in [0.1, 0.15) is 4.90 Å². The van der Waals surface area contributed by atoms with Gasteiger partial charge >= 0.3 is 0 Å². The highest BCUT2D eigenvalue weighted by molar-refractivity contribution is 9.10. The van der Waals surface area contributed by atoms with E-state index in [2.05, 4.69) is 20.7 Å². The van der Waals surface area contributed by atoms with Gasteiger partial charge in [0, 0.05) is 24.2 Å². The van der Waals surface area contributed by atoms with E-state index in [1.807, 2.05) is 0 Å². The van der Waals surface area contributed by atoms with Crippen molar-refractivity contribution in [1.29, 1.82) is 0 Å². The Labute approximate surface area is 126 Å². The zero-order valence-electron chi connectivity index (χ0n) is 10.2. The molecule has 0 saturated carbocycles. The molecule has 1 aliphatic rings. The first-order chi connectivity index (χ1) is 8.99. The van der Waals surface area contributed by atoms with Crippen molar-refractivity contribution in [3.8, 4) is 0 Å². The van der Waals surface area contributed by atoms with Gasteiger partial charge in [0.15, 0.2) is 0 Å². The fraction of sp³-hybridized carbons (Fsp3) is 0.500. The van der Waals surface area contributed by atoms with Crippen molar-refractivity contribution in [3.05, 3.63) is 27.7 Å². The summed E-state index contributed by atoms with van der Waals surface area (Å²) in [6.07, 6.45) is 1.79. The van der Waals surface area contributed by atoms with Crippen LogP contribution in [0.15, 0.2) is 27.6 Å². The standard InChI is InChI=1S/C12H15BrClNO3S/c13-10-1-2-12(11(14)7-10)19(16,17)15-5-3-9-4-6-18-8-9/h1-2,7,9,15H,3-6,8H2. The second kappa shape index (κ2) is 6.54. The van der Waals surface area contributed by atoms with Gasteiger partial charge in [-0.05, 0) is 37.0 Å². The molecule has 1 aliphatic heterocycles. The van der Waals surface area contributed by atoms with Gasteiger partial charge in [0.2, 0.25) is 10.0 Å². The average molecular weight is 369 g/mol. The monoisotopic (exact) mass is 367 g/mol. The fourth-order valence-electron chi connectivity index (χ4n) is 1.98. The van der Waals surface area contributed by atoms with E-state index in [1.165, 1.54) is 6.07 Å². The molecule has 0 aromatic heterocycles. The summed E-state index contributed by atoms with van der Waals surface area (Å²) in [6.45, 7) is 1.90. The number of rotatable bonds is 5. The summed E-state index contributed by atoms with van der Waals surface area (Å²) >= 11 is 9.20. The molecule has 2 rings (SSSR count). The molecule has 1 unspecified atom stereocenters. The zero-order chi connectivity index (χ0) is 13.9. The van der Waals surface area contributed by atoms with Gasteiger partial charge in [-0.1, -0.05) is 27.5 Å². The Morgan fingerprint density at radius 1 is 1.47 bits per heavy atom. The maximum Gasteiger partial charge on any atom is 0.242 e. The Morgan fingerprint density at radius 2 is 2.26 bits per heavy atom. The molecular formula is C12H15BrClNO3S. The van der Waals surface area contributed by atoms with Crippen molar-refractivity contribution < 1.29 is 13.2 Å². The van der Waals surface area contributed by atoms with E-state index in [9.17, 15) is 8.42 Å². The van der Waals surface area contributed by atoms with Crippen LogP contribution in [-0.4, -0.2) is 28.2 Å². The Balaban J connectivity index is 1.97. The minimum Gasteiger partial charge on any atom is -0.381 e. The van der Waals surface area contributed by atoms with Crippen molar-refractivity contribution >= 4 is 37.6 Å². The third kappa shape index (κ3) is 4.16. The first-order valence-electron chi connectivity index (χ1n) is 6.01. The predicted molar refractivity (Wildman–Crippen MR) is 77.9 cm³/mol. The van der Waals surface area contributed by atoms with Crippen LogP contribution in [0.4, 0.5) is 0 Å². The quantitative estimate of drug-likeness (QED) is 0.869. The molecule has 1 fully saturated rings. The predicted octanol–water partition coefficient (Wildman–Crippen LogP) is 2.81. The summed E-state index contributed by atoms with van der Waals surface area (Å²) in [6, 6.07) is 4.72. The van der Waals surface area contributed by atoms with Crippen molar-refractivity contribution in [1.82, 2.24) is 4.72 Å². The number of hydrogen-bond donors (Lipinski definition) is 1. The molecule has 1 atom stereocenters. The molecule has 4 nitrogen and oxygen atoms in total. The third-order valence-electron chi connectivity index (χ3n) is 3.05. The highest BCUT2D eigenvalue weighted by atomic mass is 79.9. The molecule has 106 valence electrons. The smallest absolute Gasteiger partial charge is 0.242 e. The van der Waals surface area contributed by atoms with E-state index in [-0.39, 0.29) is 9.92 Å². The summed E-state index contributed by atoms with van der Waals surface area (Å²) in [4.78, 5) is 0.111. The molecule has 1 N–H and O–H groups in total. The van der Waals surface area contributed by atoms with Gasteiger partial charge < -0.3 is 4.74 Å². The first kappa shape index (κ1) is 15.3. The lowest BCUT2D eigenvalue weighted by molar-refractivity contribution is 0.184. The van der Waals surface area contributed by atoms with Crippen LogP contribution in [0.25, 0.3) is 0 Å². The Hall–Kier alpha value is -0.140. The SMILES string of the molecule is O=S(=O)(NCCC1CCOC1)c1ccc(Br)cc1Cl. The van der Waals surface area contributed by atoms with E-state index >= 15 is 0 Å². The van der Waals surface area contributed by atoms with Crippen molar-refractivity contribution in [2.75, 3.05) is 19.8 Å². The third-order valence-corrected chi connectivity index (χ3v) is 5.49. The van der Waals surface area contributed by atoms with E-state index in [1.54, 1.807) is 12.1 Å². The van der Waals surface area contributed by atoms with E-state index < -0.39 is 10.0 Å². The Bertz CT molecular complexity index is 544. The van der Waals surface area contributed by atoms with Crippen LogP contribution < -0.4 is 4.72 Å². The second-order valence-electron chi connectivity index (χ2n) is 4.49. The fourth-order valence-corrected chi connectivity index (χ4v) is 4.06. The van der Waals surface area contributed by atoms with Gasteiger partial charge in [-0.3, -0.25) is 0 Å². The van der Waals surface area contributed by atoms with Gasteiger partial charge in [-0.25, -0.2) is 13.1 Å².